The minimum absolute atomic E-state index is 0.145. The van der Waals surface area contributed by atoms with Gasteiger partial charge in [0.2, 0.25) is 5.91 Å². The molecule has 7 nitrogen and oxygen atoms in total. The van der Waals surface area contributed by atoms with Gasteiger partial charge in [-0.05, 0) is 37.0 Å². The van der Waals surface area contributed by atoms with E-state index in [4.69, 9.17) is 4.74 Å². The van der Waals surface area contributed by atoms with Crippen molar-refractivity contribution in [3.05, 3.63) is 29.6 Å². The average molecular weight is 391 g/mol. The number of rotatable bonds is 4. The first-order valence-corrected chi connectivity index (χ1v) is 9.74. The van der Waals surface area contributed by atoms with E-state index >= 15 is 0 Å². The molecule has 152 valence electrons. The van der Waals surface area contributed by atoms with Gasteiger partial charge in [-0.3, -0.25) is 4.79 Å². The monoisotopic (exact) mass is 391 g/mol. The molecule has 3 aliphatic heterocycles. The maximum atomic E-state index is 14.8. The van der Waals surface area contributed by atoms with Gasteiger partial charge in [-0.15, -0.1) is 0 Å². The zero-order chi connectivity index (χ0) is 19.7. The number of alkyl carbamates (subject to hydrolysis) is 1. The number of ether oxygens (including phenoxy) is 2. The van der Waals surface area contributed by atoms with Crippen LogP contribution in [0.2, 0.25) is 0 Å². The van der Waals surface area contributed by atoms with E-state index in [1.165, 1.54) is 13.2 Å². The van der Waals surface area contributed by atoms with Gasteiger partial charge in [0.25, 0.3) is 0 Å². The van der Waals surface area contributed by atoms with Crippen molar-refractivity contribution in [3.8, 4) is 0 Å². The van der Waals surface area contributed by atoms with E-state index < -0.39 is 12.0 Å². The fraction of sp³-hybridized carbons (Fsp3) is 0.600. The number of carbonyl (C=O) groups excluding carboxylic acids is 2. The van der Waals surface area contributed by atoms with Crippen LogP contribution < -0.4 is 15.5 Å². The second-order valence-electron chi connectivity index (χ2n) is 8.06. The van der Waals surface area contributed by atoms with E-state index in [2.05, 4.69) is 20.3 Å². The van der Waals surface area contributed by atoms with Crippen molar-refractivity contribution in [1.82, 2.24) is 10.6 Å². The van der Waals surface area contributed by atoms with Crippen molar-refractivity contribution in [3.63, 3.8) is 0 Å². The molecule has 0 saturated carbocycles. The van der Waals surface area contributed by atoms with Gasteiger partial charge >= 0.3 is 6.09 Å². The Bertz CT molecular complexity index is 758. The maximum Gasteiger partial charge on any atom is 0.406 e. The molecule has 3 fully saturated rings. The number of nitrogens with zero attached hydrogens (tertiary/aromatic N) is 1. The quantitative estimate of drug-likeness (QED) is 0.818. The van der Waals surface area contributed by atoms with Crippen LogP contribution in [0.4, 0.5) is 14.9 Å². The SMILES string of the molecule is COC(=O)NCC1C[C@@H](c2ccc(N3CCC4(CC3)COC4)c(F)c2)C(=O)N1. The molecule has 2 N–H and O–H groups in total. The Balaban J connectivity index is 1.39. The lowest BCUT2D eigenvalue weighted by atomic mass is 9.77. The lowest BCUT2D eigenvalue weighted by Crippen LogP contribution is -2.51. The van der Waals surface area contributed by atoms with E-state index in [-0.39, 0.29) is 24.3 Å². The zero-order valence-corrected chi connectivity index (χ0v) is 16.0. The number of anilines is 1. The number of halogens is 1. The van der Waals surface area contributed by atoms with Crippen LogP contribution in [-0.4, -0.2) is 58.0 Å². The maximum absolute atomic E-state index is 14.8. The molecule has 0 aromatic heterocycles. The fourth-order valence-electron chi connectivity index (χ4n) is 4.35. The number of carbonyl (C=O) groups is 2. The molecule has 1 aromatic rings. The Morgan fingerprint density at radius 2 is 2.14 bits per heavy atom. The molecule has 1 spiro atoms. The first-order chi connectivity index (χ1) is 13.5. The van der Waals surface area contributed by atoms with Gasteiger partial charge in [-0.25, -0.2) is 9.18 Å². The molecule has 0 bridgehead atoms. The predicted molar refractivity (Wildman–Crippen MR) is 101 cm³/mol. The molecule has 1 unspecified atom stereocenters. The molecule has 3 saturated heterocycles. The molecule has 28 heavy (non-hydrogen) atoms. The molecule has 2 atom stereocenters. The predicted octanol–water partition coefficient (Wildman–Crippen LogP) is 1.77. The van der Waals surface area contributed by atoms with Gasteiger partial charge in [0.15, 0.2) is 0 Å². The summed E-state index contributed by atoms with van der Waals surface area (Å²) in [6, 6.07) is 4.91. The summed E-state index contributed by atoms with van der Waals surface area (Å²) in [7, 11) is 1.29. The summed E-state index contributed by atoms with van der Waals surface area (Å²) in [4.78, 5) is 25.6. The highest BCUT2D eigenvalue weighted by atomic mass is 19.1. The number of benzene rings is 1. The Hall–Kier alpha value is -2.35. The highest BCUT2D eigenvalue weighted by Gasteiger charge is 2.41. The Morgan fingerprint density at radius 3 is 2.75 bits per heavy atom. The average Bonchev–Trinajstić information content (AvgIpc) is 3.05. The summed E-state index contributed by atoms with van der Waals surface area (Å²) in [6.45, 7) is 3.58. The van der Waals surface area contributed by atoms with Gasteiger partial charge in [-0.1, -0.05) is 6.07 Å². The van der Waals surface area contributed by atoms with Crippen molar-refractivity contribution < 1.29 is 23.5 Å². The van der Waals surface area contributed by atoms with Gasteiger partial charge in [0.05, 0.1) is 31.9 Å². The van der Waals surface area contributed by atoms with Crippen molar-refractivity contribution in [2.24, 2.45) is 5.41 Å². The second kappa shape index (κ2) is 7.58. The summed E-state index contributed by atoms with van der Waals surface area (Å²) < 4.78 is 24.7. The van der Waals surface area contributed by atoms with Crippen LogP contribution in [0.3, 0.4) is 0 Å². The van der Waals surface area contributed by atoms with Crippen molar-refractivity contribution in [2.75, 3.05) is 44.9 Å². The van der Waals surface area contributed by atoms with Gasteiger partial charge in [-0.2, -0.15) is 0 Å². The molecule has 1 aromatic carbocycles. The first-order valence-electron chi connectivity index (χ1n) is 9.74. The Kier molecular flexibility index (Phi) is 5.14. The molecule has 0 radical (unpaired) electrons. The molecule has 2 amide bonds. The fourth-order valence-corrected chi connectivity index (χ4v) is 4.35. The Morgan fingerprint density at radius 1 is 1.39 bits per heavy atom. The van der Waals surface area contributed by atoms with E-state index in [1.54, 1.807) is 6.07 Å². The van der Waals surface area contributed by atoms with E-state index in [0.717, 1.165) is 39.1 Å². The number of amides is 2. The normalized spacial score (nSPS) is 25.9. The summed E-state index contributed by atoms with van der Waals surface area (Å²) >= 11 is 0. The van der Waals surface area contributed by atoms with Gasteiger partial charge in [0.1, 0.15) is 5.82 Å². The summed E-state index contributed by atoms with van der Waals surface area (Å²) in [5.41, 5.74) is 1.57. The molecule has 4 rings (SSSR count). The van der Waals surface area contributed by atoms with Crippen LogP contribution in [0.1, 0.15) is 30.7 Å². The molecule has 3 heterocycles. The minimum Gasteiger partial charge on any atom is -0.453 e. The van der Waals surface area contributed by atoms with Gasteiger partial charge in [0, 0.05) is 31.1 Å². The summed E-state index contributed by atoms with van der Waals surface area (Å²) in [6.07, 6.45) is 2.01. The first kappa shape index (κ1) is 19.0. The van der Waals surface area contributed by atoms with Gasteiger partial charge < -0.3 is 25.0 Å². The summed E-state index contributed by atoms with van der Waals surface area (Å²) in [5, 5.41) is 5.43. The lowest BCUT2D eigenvalue weighted by molar-refractivity contribution is -0.124. The summed E-state index contributed by atoms with van der Waals surface area (Å²) in [5.74, 6) is -0.847. The molecule has 0 aliphatic carbocycles. The third kappa shape index (κ3) is 3.65. The van der Waals surface area contributed by atoms with E-state index in [0.29, 0.717) is 23.1 Å². The van der Waals surface area contributed by atoms with Crippen molar-refractivity contribution in [2.45, 2.75) is 31.2 Å². The molecule has 8 heteroatoms. The number of piperidine rings is 1. The largest absolute Gasteiger partial charge is 0.453 e. The highest BCUT2D eigenvalue weighted by Crippen LogP contribution is 2.40. The highest BCUT2D eigenvalue weighted by molar-refractivity contribution is 5.86. The standard InChI is InChI=1S/C20H26FN3O4/c1-27-19(26)22-10-14-9-15(18(25)23-14)13-2-3-17(16(21)8-13)24-6-4-20(5-7-24)11-28-12-20/h2-3,8,14-15H,4-7,9-12H2,1H3,(H,22,26)(H,23,25)/t14?,15-/m0/s1. The van der Waals surface area contributed by atoms with Crippen LogP contribution >= 0.6 is 0 Å². The van der Waals surface area contributed by atoms with Crippen LogP contribution in [0.25, 0.3) is 0 Å². The van der Waals surface area contributed by atoms with Crippen molar-refractivity contribution in [1.29, 1.82) is 0 Å². The topological polar surface area (TPSA) is 79.9 Å². The van der Waals surface area contributed by atoms with Crippen molar-refractivity contribution >= 4 is 17.7 Å². The number of hydrogen-bond acceptors (Lipinski definition) is 5. The van der Waals surface area contributed by atoms with Crippen LogP contribution in [0.5, 0.6) is 0 Å². The molecular weight excluding hydrogens is 365 g/mol. The lowest BCUT2D eigenvalue weighted by Gasteiger charge is -2.47. The van der Waals surface area contributed by atoms with Crippen LogP contribution in [-0.2, 0) is 14.3 Å². The van der Waals surface area contributed by atoms with Crippen LogP contribution in [0, 0.1) is 11.2 Å². The second-order valence-corrected chi connectivity index (χ2v) is 8.06. The molecular formula is C20H26FN3O4. The number of methoxy groups -OCH3 is 1. The van der Waals surface area contributed by atoms with Crippen LogP contribution in [0.15, 0.2) is 18.2 Å². The number of hydrogen-bond donors (Lipinski definition) is 2. The van der Waals surface area contributed by atoms with E-state index in [1.807, 2.05) is 6.07 Å². The smallest absolute Gasteiger partial charge is 0.406 e. The third-order valence-electron chi connectivity index (χ3n) is 6.22. The third-order valence-corrected chi connectivity index (χ3v) is 6.22. The minimum atomic E-state index is -0.537. The molecule has 3 aliphatic rings. The zero-order valence-electron chi connectivity index (χ0n) is 16.0. The number of nitrogens with one attached hydrogen (secondary N) is 2. The van der Waals surface area contributed by atoms with E-state index in [9.17, 15) is 14.0 Å². The Labute approximate surface area is 163 Å².